The number of hydrogen-bond acceptors (Lipinski definition) is 7. The van der Waals surface area contributed by atoms with Gasteiger partial charge in [0.15, 0.2) is 11.5 Å². The van der Waals surface area contributed by atoms with Crippen LogP contribution in [0, 0.1) is 6.92 Å². The van der Waals surface area contributed by atoms with E-state index in [1.807, 2.05) is 60.4 Å². The smallest absolute Gasteiger partial charge is 0.231 e. The summed E-state index contributed by atoms with van der Waals surface area (Å²) >= 11 is 0. The maximum absolute atomic E-state index is 13.1. The quantitative estimate of drug-likeness (QED) is 0.625. The van der Waals surface area contributed by atoms with E-state index in [2.05, 4.69) is 15.5 Å². The second-order valence-electron chi connectivity index (χ2n) is 7.63. The third-order valence-corrected chi connectivity index (χ3v) is 5.64. The number of aryl methyl sites for hydroxylation is 2. The van der Waals surface area contributed by atoms with Crippen molar-refractivity contribution in [3.63, 3.8) is 0 Å². The van der Waals surface area contributed by atoms with Crippen LogP contribution in [0.5, 0.6) is 11.5 Å². The van der Waals surface area contributed by atoms with E-state index in [-0.39, 0.29) is 24.9 Å². The Morgan fingerprint density at radius 2 is 1.81 bits per heavy atom. The molecular weight excluding hydrogens is 398 g/mol. The van der Waals surface area contributed by atoms with Crippen LogP contribution in [-0.2, 0) is 16.1 Å². The second kappa shape index (κ2) is 8.35. The third-order valence-electron chi connectivity index (χ3n) is 5.64. The number of rotatable bonds is 5. The number of amides is 1. The fourth-order valence-corrected chi connectivity index (χ4v) is 3.93. The molecule has 0 spiro atoms. The molecule has 0 unspecified atom stereocenters. The van der Waals surface area contributed by atoms with Gasteiger partial charge in [0, 0.05) is 6.42 Å². The van der Waals surface area contributed by atoms with Crippen molar-refractivity contribution in [3.05, 3.63) is 65.5 Å². The first-order valence-corrected chi connectivity index (χ1v) is 10.3. The lowest BCUT2D eigenvalue weighted by Crippen LogP contribution is -2.44. The summed E-state index contributed by atoms with van der Waals surface area (Å²) in [4.78, 5) is 15.0. The van der Waals surface area contributed by atoms with Gasteiger partial charge in [0.05, 0.1) is 19.6 Å². The van der Waals surface area contributed by atoms with E-state index in [0.717, 1.165) is 16.9 Å². The molecule has 9 nitrogen and oxygen atoms in total. The Balaban J connectivity index is 1.37. The molecule has 3 aromatic rings. The number of fused-ring (bicyclic) bond motifs is 1. The molecule has 0 saturated carbocycles. The van der Waals surface area contributed by atoms with Gasteiger partial charge in [-0.2, -0.15) is 0 Å². The van der Waals surface area contributed by atoms with Gasteiger partial charge in [0.25, 0.3) is 0 Å². The maximum Gasteiger partial charge on any atom is 0.231 e. The minimum atomic E-state index is -0.271. The summed E-state index contributed by atoms with van der Waals surface area (Å²) in [7, 11) is 0. The monoisotopic (exact) mass is 421 g/mol. The van der Waals surface area contributed by atoms with Gasteiger partial charge < -0.3 is 19.1 Å². The summed E-state index contributed by atoms with van der Waals surface area (Å²) < 4.78 is 19.0. The largest absolute Gasteiger partial charge is 0.454 e. The first kappa shape index (κ1) is 19.5. The van der Waals surface area contributed by atoms with Crippen molar-refractivity contribution in [2.45, 2.75) is 32.1 Å². The number of ether oxygens (including phenoxy) is 3. The van der Waals surface area contributed by atoms with Crippen LogP contribution in [0.25, 0.3) is 0 Å². The van der Waals surface area contributed by atoms with E-state index in [1.54, 1.807) is 4.68 Å². The molecule has 0 N–H and O–H groups in total. The average molecular weight is 421 g/mol. The molecule has 9 heteroatoms. The molecule has 1 saturated heterocycles. The molecule has 0 bridgehead atoms. The SMILES string of the molecule is Cc1nnnn1CCC(=O)N1C[C@@H](c2ccccc2)O[C@@H](c2ccc3c(c2)OCO3)C1. The van der Waals surface area contributed by atoms with Crippen LogP contribution in [0.4, 0.5) is 0 Å². The van der Waals surface area contributed by atoms with Crippen molar-refractivity contribution in [3.8, 4) is 11.5 Å². The second-order valence-corrected chi connectivity index (χ2v) is 7.63. The highest BCUT2D eigenvalue weighted by Gasteiger charge is 2.33. The first-order chi connectivity index (χ1) is 15.2. The molecule has 1 aromatic heterocycles. The number of tetrazole rings is 1. The molecule has 31 heavy (non-hydrogen) atoms. The van der Waals surface area contributed by atoms with Crippen molar-refractivity contribution < 1.29 is 19.0 Å². The predicted octanol–water partition coefficient (Wildman–Crippen LogP) is 2.44. The zero-order valence-corrected chi connectivity index (χ0v) is 17.2. The minimum absolute atomic E-state index is 0.0462. The third kappa shape index (κ3) is 4.09. The van der Waals surface area contributed by atoms with Gasteiger partial charge in [-0.1, -0.05) is 36.4 Å². The highest BCUT2D eigenvalue weighted by atomic mass is 16.7. The lowest BCUT2D eigenvalue weighted by atomic mass is 10.0. The molecule has 5 rings (SSSR count). The predicted molar refractivity (Wildman–Crippen MR) is 109 cm³/mol. The van der Waals surface area contributed by atoms with Gasteiger partial charge >= 0.3 is 0 Å². The molecule has 2 atom stereocenters. The molecule has 160 valence electrons. The Bertz CT molecular complexity index is 1070. The molecule has 1 fully saturated rings. The molecular formula is C22H23N5O4. The molecule has 3 heterocycles. The summed E-state index contributed by atoms with van der Waals surface area (Å²) in [5.41, 5.74) is 2.00. The summed E-state index contributed by atoms with van der Waals surface area (Å²) in [6, 6.07) is 15.8. The number of hydrogen-bond donors (Lipinski definition) is 0. The summed E-state index contributed by atoms with van der Waals surface area (Å²) in [5.74, 6) is 2.17. The zero-order valence-electron chi connectivity index (χ0n) is 17.2. The fourth-order valence-electron chi connectivity index (χ4n) is 3.93. The van der Waals surface area contributed by atoms with E-state index < -0.39 is 0 Å². The van der Waals surface area contributed by atoms with Crippen LogP contribution in [-0.4, -0.2) is 50.9 Å². The fraction of sp³-hybridized carbons (Fsp3) is 0.364. The van der Waals surface area contributed by atoms with Gasteiger partial charge in [0.1, 0.15) is 18.0 Å². The normalized spacial score (nSPS) is 20.1. The van der Waals surface area contributed by atoms with Gasteiger partial charge in [-0.25, -0.2) is 4.68 Å². The number of morpholine rings is 1. The Hall–Kier alpha value is -3.46. The van der Waals surface area contributed by atoms with Gasteiger partial charge in [-0.15, -0.1) is 5.10 Å². The number of carbonyl (C=O) groups excluding carboxylic acids is 1. The first-order valence-electron chi connectivity index (χ1n) is 10.3. The van der Waals surface area contributed by atoms with Crippen LogP contribution >= 0.6 is 0 Å². The van der Waals surface area contributed by atoms with Crippen LogP contribution in [0.2, 0.25) is 0 Å². The Morgan fingerprint density at radius 1 is 1.03 bits per heavy atom. The topological polar surface area (TPSA) is 91.6 Å². The van der Waals surface area contributed by atoms with Crippen molar-refractivity contribution in [1.29, 1.82) is 0 Å². The number of carbonyl (C=O) groups is 1. The van der Waals surface area contributed by atoms with Gasteiger partial charge in [0.2, 0.25) is 12.7 Å². The molecule has 2 aliphatic rings. The Morgan fingerprint density at radius 3 is 2.58 bits per heavy atom. The number of benzene rings is 2. The number of nitrogens with zero attached hydrogens (tertiary/aromatic N) is 5. The number of aromatic nitrogens is 4. The zero-order chi connectivity index (χ0) is 21.2. The minimum Gasteiger partial charge on any atom is -0.454 e. The Kier molecular flexibility index (Phi) is 5.25. The molecule has 0 radical (unpaired) electrons. The highest BCUT2D eigenvalue weighted by Crippen LogP contribution is 2.38. The highest BCUT2D eigenvalue weighted by molar-refractivity contribution is 5.76. The van der Waals surface area contributed by atoms with E-state index in [1.165, 1.54) is 0 Å². The maximum atomic E-state index is 13.1. The lowest BCUT2D eigenvalue weighted by Gasteiger charge is -2.38. The van der Waals surface area contributed by atoms with Crippen LogP contribution in [0.1, 0.15) is 35.6 Å². The van der Waals surface area contributed by atoms with Crippen molar-refractivity contribution in [2.75, 3.05) is 19.9 Å². The molecule has 2 aromatic carbocycles. The van der Waals surface area contributed by atoms with E-state index in [4.69, 9.17) is 14.2 Å². The average Bonchev–Trinajstić information content (AvgIpc) is 3.45. The Labute approximate surface area is 179 Å². The van der Waals surface area contributed by atoms with Crippen molar-refractivity contribution in [2.24, 2.45) is 0 Å². The van der Waals surface area contributed by atoms with Crippen molar-refractivity contribution >= 4 is 5.91 Å². The lowest BCUT2D eigenvalue weighted by molar-refractivity contribution is -0.147. The van der Waals surface area contributed by atoms with E-state index >= 15 is 0 Å². The summed E-state index contributed by atoms with van der Waals surface area (Å²) in [6.07, 6.45) is -0.169. The van der Waals surface area contributed by atoms with E-state index in [9.17, 15) is 4.79 Å². The molecule has 2 aliphatic heterocycles. The van der Waals surface area contributed by atoms with Crippen LogP contribution in [0.15, 0.2) is 48.5 Å². The molecule has 0 aliphatic carbocycles. The van der Waals surface area contributed by atoms with Crippen LogP contribution < -0.4 is 9.47 Å². The standard InChI is InChI=1S/C22H23N5O4/c1-15-23-24-25-27(15)10-9-22(28)26-12-20(16-5-3-2-4-6-16)31-21(13-26)17-7-8-18-19(11-17)30-14-29-18/h2-8,11,20-21H,9-10,12-14H2,1H3/t20-,21+/m0/s1. The van der Waals surface area contributed by atoms with Crippen molar-refractivity contribution in [1.82, 2.24) is 25.1 Å². The van der Waals surface area contributed by atoms with Gasteiger partial charge in [-0.05, 0) is 40.6 Å². The summed E-state index contributed by atoms with van der Waals surface area (Å²) in [5, 5.41) is 11.4. The molecule has 1 amide bonds. The van der Waals surface area contributed by atoms with Gasteiger partial charge in [-0.3, -0.25) is 4.79 Å². The van der Waals surface area contributed by atoms with E-state index in [0.29, 0.717) is 37.6 Å². The van der Waals surface area contributed by atoms with Crippen LogP contribution in [0.3, 0.4) is 0 Å². The summed E-state index contributed by atoms with van der Waals surface area (Å²) in [6.45, 7) is 3.45.